The SMILES string of the molecule is Cc1ccc(N2CC(CNc3nc4ncccc4c(=O)n3C)C2)nn1. The summed E-state index contributed by atoms with van der Waals surface area (Å²) in [6.07, 6.45) is 1.64. The minimum atomic E-state index is -0.0919. The van der Waals surface area contributed by atoms with E-state index in [2.05, 4.69) is 30.4 Å². The number of aryl methyl sites for hydroxylation is 1. The second-order valence-electron chi connectivity index (χ2n) is 6.36. The molecule has 1 N–H and O–H groups in total. The normalized spacial score (nSPS) is 14.6. The Labute approximate surface area is 144 Å². The van der Waals surface area contributed by atoms with E-state index in [0.29, 0.717) is 22.9 Å². The van der Waals surface area contributed by atoms with E-state index in [1.165, 1.54) is 4.57 Å². The summed E-state index contributed by atoms with van der Waals surface area (Å²) in [5.74, 6) is 1.92. The molecule has 3 aromatic heterocycles. The Bertz CT molecular complexity index is 961. The molecule has 8 heteroatoms. The first kappa shape index (κ1) is 15.5. The largest absolute Gasteiger partial charge is 0.355 e. The van der Waals surface area contributed by atoms with Gasteiger partial charge in [0.15, 0.2) is 11.5 Å². The molecule has 4 heterocycles. The lowest BCUT2D eigenvalue weighted by atomic mass is 10.0. The highest BCUT2D eigenvalue weighted by Crippen LogP contribution is 2.22. The lowest BCUT2D eigenvalue weighted by Gasteiger charge is -2.40. The summed E-state index contributed by atoms with van der Waals surface area (Å²) < 4.78 is 1.53. The number of anilines is 2. The maximum absolute atomic E-state index is 12.4. The van der Waals surface area contributed by atoms with Gasteiger partial charge in [-0.25, -0.2) is 4.98 Å². The molecular weight excluding hydrogens is 318 g/mol. The Morgan fingerprint density at radius 1 is 1.24 bits per heavy atom. The zero-order valence-corrected chi connectivity index (χ0v) is 14.2. The minimum Gasteiger partial charge on any atom is -0.355 e. The third-order valence-corrected chi connectivity index (χ3v) is 4.47. The summed E-state index contributed by atoms with van der Waals surface area (Å²) in [5, 5.41) is 12.1. The molecule has 1 aliphatic rings. The smallest absolute Gasteiger partial charge is 0.264 e. The maximum Gasteiger partial charge on any atom is 0.264 e. The minimum absolute atomic E-state index is 0.0919. The molecule has 3 aromatic rings. The molecule has 0 spiro atoms. The van der Waals surface area contributed by atoms with Gasteiger partial charge in [-0.1, -0.05) is 0 Å². The van der Waals surface area contributed by atoms with Crippen LogP contribution in [0.2, 0.25) is 0 Å². The number of rotatable bonds is 4. The molecule has 0 aromatic carbocycles. The van der Waals surface area contributed by atoms with E-state index in [-0.39, 0.29) is 5.56 Å². The monoisotopic (exact) mass is 337 g/mol. The van der Waals surface area contributed by atoms with Crippen molar-refractivity contribution in [1.82, 2.24) is 24.7 Å². The molecule has 0 radical (unpaired) electrons. The molecular formula is C17H19N7O. The molecule has 128 valence electrons. The van der Waals surface area contributed by atoms with E-state index in [1.807, 2.05) is 19.1 Å². The standard InChI is InChI=1S/C17H19N7O/c1-11-5-6-14(22-21-11)24-9-12(10-24)8-19-17-20-15-13(4-3-7-18-15)16(25)23(17)2/h3-7,12H,8-10H2,1-2H3,(H,18,19,20). The van der Waals surface area contributed by atoms with Gasteiger partial charge in [0.25, 0.3) is 5.56 Å². The van der Waals surface area contributed by atoms with E-state index >= 15 is 0 Å². The van der Waals surface area contributed by atoms with Crippen molar-refractivity contribution in [2.75, 3.05) is 29.9 Å². The molecule has 0 unspecified atom stereocenters. The number of fused-ring (bicyclic) bond motifs is 1. The Balaban J connectivity index is 1.41. The van der Waals surface area contributed by atoms with E-state index in [9.17, 15) is 4.79 Å². The molecule has 4 rings (SSSR count). The summed E-state index contributed by atoms with van der Waals surface area (Å²) in [6.45, 7) is 4.48. The van der Waals surface area contributed by atoms with Crippen LogP contribution in [0.4, 0.5) is 11.8 Å². The molecule has 0 saturated carbocycles. The van der Waals surface area contributed by atoms with Crippen LogP contribution in [0.5, 0.6) is 0 Å². The Kier molecular flexibility index (Phi) is 3.79. The fourth-order valence-electron chi connectivity index (χ4n) is 2.95. The van der Waals surface area contributed by atoms with Gasteiger partial charge >= 0.3 is 0 Å². The molecule has 0 bridgehead atoms. The summed E-state index contributed by atoms with van der Waals surface area (Å²) in [6, 6.07) is 7.45. The maximum atomic E-state index is 12.4. The number of hydrogen-bond acceptors (Lipinski definition) is 7. The number of pyridine rings is 1. The van der Waals surface area contributed by atoms with Crippen LogP contribution in [0, 0.1) is 12.8 Å². The average molecular weight is 337 g/mol. The van der Waals surface area contributed by atoms with Crippen molar-refractivity contribution in [1.29, 1.82) is 0 Å². The van der Waals surface area contributed by atoms with E-state index in [4.69, 9.17) is 0 Å². The Hall–Kier alpha value is -3.03. The summed E-state index contributed by atoms with van der Waals surface area (Å²) in [4.78, 5) is 23.2. The van der Waals surface area contributed by atoms with Gasteiger partial charge < -0.3 is 10.2 Å². The Morgan fingerprint density at radius 2 is 2.08 bits per heavy atom. The molecule has 25 heavy (non-hydrogen) atoms. The van der Waals surface area contributed by atoms with Gasteiger partial charge in [-0.15, -0.1) is 5.10 Å². The molecule has 8 nitrogen and oxygen atoms in total. The highest BCUT2D eigenvalue weighted by atomic mass is 16.1. The summed E-state index contributed by atoms with van der Waals surface area (Å²) >= 11 is 0. The van der Waals surface area contributed by atoms with E-state index in [1.54, 1.807) is 25.4 Å². The summed E-state index contributed by atoms with van der Waals surface area (Å²) in [5.41, 5.74) is 1.29. The lowest BCUT2D eigenvalue weighted by Crippen LogP contribution is -2.50. The number of nitrogens with one attached hydrogen (secondary N) is 1. The van der Waals surface area contributed by atoms with Crippen LogP contribution in [-0.4, -0.2) is 44.4 Å². The first-order valence-electron chi connectivity index (χ1n) is 8.23. The molecule has 0 atom stereocenters. The first-order valence-corrected chi connectivity index (χ1v) is 8.23. The van der Waals surface area contributed by atoms with Crippen molar-refractivity contribution < 1.29 is 0 Å². The highest BCUT2D eigenvalue weighted by molar-refractivity contribution is 5.74. The fraction of sp³-hybridized carbons (Fsp3) is 0.353. The van der Waals surface area contributed by atoms with E-state index in [0.717, 1.165) is 31.1 Å². The van der Waals surface area contributed by atoms with Gasteiger partial charge in [0.2, 0.25) is 5.95 Å². The predicted molar refractivity (Wildman–Crippen MR) is 95.7 cm³/mol. The van der Waals surface area contributed by atoms with Crippen LogP contribution in [0.15, 0.2) is 35.3 Å². The van der Waals surface area contributed by atoms with Crippen molar-refractivity contribution in [2.24, 2.45) is 13.0 Å². The highest BCUT2D eigenvalue weighted by Gasteiger charge is 2.28. The predicted octanol–water partition coefficient (Wildman–Crippen LogP) is 0.975. The van der Waals surface area contributed by atoms with Gasteiger partial charge in [0, 0.05) is 38.8 Å². The third-order valence-electron chi connectivity index (χ3n) is 4.47. The average Bonchev–Trinajstić information content (AvgIpc) is 2.59. The second kappa shape index (κ2) is 6.12. The number of hydrogen-bond donors (Lipinski definition) is 1. The quantitative estimate of drug-likeness (QED) is 0.759. The first-order chi connectivity index (χ1) is 12.1. The second-order valence-corrected chi connectivity index (χ2v) is 6.36. The van der Waals surface area contributed by atoms with Crippen LogP contribution < -0.4 is 15.8 Å². The van der Waals surface area contributed by atoms with Gasteiger partial charge in [0.05, 0.1) is 11.1 Å². The molecule has 1 aliphatic heterocycles. The van der Waals surface area contributed by atoms with Gasteiger partial charge in [-0.05, 0) is 31.2 Å². The van der Waals surface area contributed by atoms with Crippen molar-refractivity contribution in [3.63, 3.8) is 0 Å². The molecule has 0 amide bonds. The number of aromatic nitrogens is 5. The van der Waals surface area contributed by atoms with Crippen LogP contribution in [0.1, 0.15) is 5.69 Å². The molecule has 1 fully saturated rings. The summed E-state index contributed by atoms with van der Waals surface area (Å²) in [7, 11) is 1.72. The zero-order valence-electron chi connectivity index (χ0n) is 14.2. The topological polar surface area (TPSA) is 88.8 Å². The van der Waals surface area contributed by atoms with Crippen molar-refractivity contribution in [3.8, 4) is 0 Å². The molecule has 0 aliphatic carbocycles. The van der Waals surface area contributed by atoms with Crippen LogP contribution in [0.25, 0.3) is 11.0 Å². The van der Waals surface area contributed by atoms with Crippen LogP contribution in [-0.2, 0) is 7.05 Å². The van der Waals surface area contributed by atoms with Crippen molar-refractivity contribution in [2.45, 2.75) is 6.92 Å². The van der Waals surface area contributed by atoms with Crippen molar-refractivity contribution in [3.05, 3.63) is 46.5 Å². The zero-order chi connectivity index (χ0) is 17.4. The van der Waals surface area contributed by atoms with E-state index < -0.39 is 0 Å². The third kappa shape index (κ3) is 2.90. The number of nitrogens with zero attached hydrogens (tertiary/aromatic N) is 6. The van der Waals surface area contributed by atoms with Gasteiger partial charge in [0.1, 0.15) is 0 Å². The van der Waals surface area contributed by atoms with Crippen LogP contribution in [0.3, 0.4) is 0 Å². The van der Waals surface area contributed by atoms with Gasteiger partial charge in [-0.2, -0.15) is 10.1 Å². The van der Waals surface area contributed by atoms with Crippen molar-refractivity contribution >= 4 is 22.8 Å². The fourth-order valence-corrected chi connectivity index (χ4v) is 2.95. The van der Waals surface area contributed by atoms with Crippen LogP contribution >= 0.6 is 0 Å². The Morgan fingerprint density at radius 3 is 2.84 bits per heavy atom. The van der Waals surface area contributed by atoms with Gasteiger partial charge in [-0.3, -0.25) is 9.36 Å². The lowest BCUT2D eigenvalue weighted by molar-refractivity contribution is 0.424. The molecule has 1 saturated heterocycles.